The zero-order valence-corrected chi connectivity index (χ0v) is 30.2. The van der Waals surface area contributed by atoms with Gasteiger partial charge in [-0.1, -0.05) is 34.6 Å². The molecule has 0 aliphatic heterocycles. The van der Waals surface area contributed by atoms with Crippen LogP contribution in [0.25, 0.3) is 68.0 Å². The molecule has 16 heteroatoms. The molecule has 0 saturated carbocycles. The summed E-state index contributed by atoms with van der Waals surface area (Å²) in [6.07, 6.45) is 0. The Labute approximate surface area is 322 Å². The molecular weight excluding hydrogens is 713 g/mol. The zero-order chi connectivity index (χ0) is 37.6. The first-order valence-electron chi connectivity index (χ1n) is 16.0. The zero-order valence-electron chi connectivity index (χ0n) is 30.2. The number of aromatic nitrogens is 4. The maximum atomic E-state index is 14.1. The molecule has 8 aromatic rings. The molecule has 8 rings (SSSR count). The largest absolute Gasteiger partial charge is 1.00 e. The van der Waals surface area contributed by atoms with Crippen molar-refractivity contribution in [2.45, 2.75) is 27.7 Å². The average Bonchev–Trinajstić information content (AvgIpc) is 3.97. The Morgan fingerprint density at radius 3 is 1.44 bits per heavy atom. The number of hydrogen-bond acceptors (Lipinski definition) is 12. The predicted molar refractivity (Wildman–Crippen MR) is 189 cm³/mol. The number of fused-ring (bicyclic) bond motifs is 2. The topological polar surface area (TPSA) is 198 Å². The van der Waals surface area contributed by atoms with E-state index in [1.54, 1.807) is 0 Å². The van der Waals surface area contributed by atoms with Gasteiger partial charge in [0.1, 0.15) is 22.8 Å². The molecule has 0 fully saturated rings. The van der Waals surface area contributed by atoms with E-state index in [2.05, 4.69) is 25.0 Å². The van der Waals surface area contributed by atoms with Crippen LogP contribution in [0.3, 0.4) is 0 Å². The van der Waals surface area contributed by atoms with Crippen LogP contribution in [0.2, 0.25) is 0 Å². The van der Waals surface area contributed by atoms with Gasteiger partial charge in [0.15, 0.2) is 11.5 Å². The van der Waals surface area contributed by atoms with Gasteiger partial charge in [-0.15, -0.1) is 0 Å². The van der Waals surface area contributed by atoms with Gasteiger partial charge >= 0.3 is 30.8 Å². The maximum Gasteiger partial charge on any atom is 1.00 e. The van der Waals surface area contributed by atoms with Crippen molar-refractivity contribution in [2.75, 3.05) is 7.11 Å². The van der Waals surface area contributed by atoms with Crippen molar-refractivity contribution in [1.29, 1.82) is 0 Å². The second-order valence-corrected chi connectivity index (χ2v) is 12.1. The number of esters is 1. The van der Waals surface area contributed by atoms with Crippen molar-refractivity contribution >= 4 is 33.9 Å². The van der Waals surface area contributed by atoms with Crippen molar-refractivity contribution in [1.82, 2.24) is 20.3 Å². The first-order valence-corrected chi connectivity index (χ1v) is 16.0. The van der Waals surface area contributed by atoms with E-state index in [1.807, 2.05) is 64.1 Å². The minimum Gasteiger partial charge on any atom is -0.870 e. The Kier molecular flexibility index (Phi) is 11.5. The van der Waals surface area contributed by atoms with Crippen LogP contribution >= 0.6 is 0 Å². The van der Waals surface area contributed by atoms with E-state index in [-0.39, 0.29) is 53.3 Å². The monoisotopic (exact) mass is 742 g/mol. The van der Waals surface area contributed by atoms with Gasteiger partial charge in [0.05, 0.1) is 18.2 Å². The molecule has 274 valence electrons. The number of rotatable bonds is 6. The molecule has 2 N–H and O–H groups in total. The second-order valence-electron chi connectivity index (χ2n) is 12.1. The molecule has 4 aromatic carbocycles. The summed E-state index contributed by atoms with van der Waals surface area (Å²) in [5.41, 5.74) is 5.75. The summed E-state index contributed by atoms with van der Waals surface area (Å²) in [5, 5.41) is 18.5. The molecule has 0 aliphatic carbocycles. The first-order chi connectivity index (χ1) is 25.4. The predicted octanol–water partition coefficient (Wildman–Crippen LogP) is 6.12. The van der Waals surface area contributed by atoms with Gasteiger partial charge in [0.2, 0.25) is 11.6 Å². The summed E-state index contributed by atoms with van der Waals surface area (Å²) in [4.78, 5) is 30.9. The number of nitrogens with zero attached hydrogens (tertiary/aromatic N) is 4. The Balaban J connectivity index is 0.000000204. The molecule has 4 heterocycles. The Hall–Kier alpha value is -6.40. The van der Waals surface area contributed by atoms with Gasteiger partial charge in [-0.2, -0.15) is 9.97 Å². The number of furan rings is 2. The number of methoxy groups -OCH3 is 1. The van der Waals surface area contributed by atoms with E-state index in [1.165, 1.54) is 25.3 Å². The average molecular weight is 743 g/mol. The number of carbonyl (C=O) groups excluding carboxylic acids is 1. The maximum absolute atomic E-state index is 14.1. The molecular formula is C39H29F2LiN4O9. The van der Waals surface area contributed by atoms with Crippen molar-refractivity contribution in [3.8, 4) is 46.1 Å². The van der Waals surface area contributed by atoms with Crippen molar-refractivity contribution in [2.24, 2.45) is 0 Å². The number of hydrogen-bond donors (Lipinski definition) is 1. The third-order valence-corrected chi connectivity index (χ3v) is 8.56. The summed E-state index contributed by atoms with van der Waals surface area (Å²) in [5.74, 6) is -2.13. The fourth-order valence-electron chi connectivity index (χ4n) is 5.63. The van der Waals surface area contributed by atoms with Crippen molar-refractivity contribution in [3.05, 3.63) is 118 Å². The third-order valence-electron chi connectivity index (χ3n) is 8.56. The molecule has 0 unspecified atom stereocenters. The second kappa shape index (κ2) is 15.9. The summed E-state index contributed by atoms with van der Waals surface area (Å²) in [6.45, 7) is 7.88. The van der Waals surface area contributed by atoms with Gasteiger partial charge in [0.25, 0.3) is 11.8 Å². The number of halogens is 2. The number of aryl methyl sites for hydroxylation is 4. The first kappa shape index (κ1) is 39.8. The molecule has 0 spiro atoms. The molecule has 0 aliphatic rings. The molecule has 13 nitrogen and oxygen atoms in total. The number of carboxylic acids is 1. The van der Waals surface area contributed by atoms with E-state index in [0.717, 1.165) is 62.4 Å². The summed E-state index contributed by atoms with van der Waals surface area (Å²) >= 11 is 0. The number of aromatic carboxylic acids is 1. The van der Waals surface area contributed by atoms with Gasteiger partial charge in [0, 0.05) is 21.9 Å². The normalized spacial score (nSPS) is 10.7. The number of carbonyl (C=O) groups is 2. The Morgan fingerprint density at radius 1 is 0.636 bits per heavy atom. The summed E-state index contributed by atoms with van der Waals surface area (Å²) < 4.78 is 54.8. The van der Waals surface area contributed by atoms with Crippen LogP contribution in [0.5, 0.6) is 0 Å². The smallest absolute Gasteiger partial charge is 0.870 e. The SMILES string of the molecule is COC(=O)c1ccc(-c2noc(-c3cc4c(C)ccc(C)c4o3)n2)cc1F.Cc1ccc(C)c2oc(-c3nc(-c4ccc(C(=O)O)c(F)c4)no3)cc12.[Li+].[OH-]. The standard InChI is InChI=1S/C20H15FN2O4.C19H13FN2O4.Li.H2O/c1-10-4-5-11(2)17-14(10)9-16(26-17)19-22-18(23-27-19)12-6-7-13(15(21)8-12)20(24)25-3;1-9-3-4-10(2)16-13(9)8-15(25-16)18-21-17(22-26-18)11-5-6-12(19(23)24)14(20)7-11;;/h4-9H,1-3H3;3-8H,1-2H3,(H,23,24);;1H2/q;;+1;/p-1. The molecule has 55 heavy (non-hydrogen) atoms. The van der Waals surface area contributed by atoms with E-state index in [9.17, 15) is 18.4 Å². The van der Waals surface area contributed by atoms with Gasteiger partial charge < -0.3 is 33.2 Å². The Bertz CT molecular complexity index is 2640. The molecule has 0 bridgehead atoms. The molecule has 0 radical (unpaired) electrons. The van der Waals surface area contributed by atoms with Crippen LogP contribution in [-0.2, 0) is 4.74 Å². The van der Waals surface area contributed by atoms with Gasteiger partial charge in [-0.25, -0.2) is 18.4 Å². The van der Waals surface area contributed by atoms with Crippen LogP contribution in [-0.4, -0.2) is 49.9 Å². The summed E-state index contributed by atoms with van der Waals surface area (Å²) in [7, 11) is 1.19. The molecule has 0 atom stereocenters. The van der Waals surface area contributed by atoms with Crippen molar-refractivity contribution < 1.29 is 70.4 Å². The number of benzene rings is 4. The van der Waals surface area contributed by atoms with E-state index in [4.69, 9.17) is 23.0 Å². The van der Waals surface area contributed by atoms with Crippen LogP contribution in [0.15, 0.2) is 90.7 Å². The summed E-state index contributed by atoms with van der Waals surface area (Å²) in [6, 6.07) is 19.3. The van der Waals surface area contributed by atoms with E-state index in [0.29, 0.717) is 22.6 Å². The van der Waals surface area contributed by atoms with Crippen LogP contribution in [0.1, 0.15) is 43.0 Å². The minimum atomic E-state index is -1.34. The fraction of sp³-hybridized carbons (Fsp3) is 0.128. The van der Waals surface area contributed by atoms with Crippen LogP contribution in [0, 0.1) is 39.3 Å². The fourth-order valence-corrected chi connectivity index (χ4v) is 5.63. The number of ether oxygens (including phenoxy) is 1. The van der Waals surface area contributed by atoms with Crippen LogP contribution in [0.4, 0.5) is 8.78 Å². The molecule has 0 amide bonds. The quantitative estimate of drug-likeness (QED) is 0.151. The van der Waals surface area contributed by atoms with Gasteiger partial charge in [-0.05, 0) is 98.5 Å². The van der Waals surface area contributed by atoms with Gasteiger partial charge in [-0.3, -0.25) is 0 Å². The third kappa shape index (κ3) is 7.67. The van der Waals surface area contributed by atoms with Crippen molar-refractivity contribution in [3.63, 3.8) is 0 Å². The van der Waals surface area contributed by atoms with E-state index >= 15 is 0 Å². The molecule has 0 saturated heterocycles. The minimum absolute atomic E-state index is 0. The molecule has 4 aromatic heterocycles. The Morgan fingerprint density at radius 2 is 1.05 bits per heavy atom. The number of carboxylic acid groups (broad SMARTS) is 1. The van der Waals surface area contributed by atoms with Crippen LogP contribution < -0.4 is 18.9 Å². The van der Waals surface area contributed by atoms with E-state index < -0.39 is 29.1 Å².